The van der Waals surface area contributed by atoms with E-state index < -0.39 is 10.1 Å². The van der Waals surface area contributed by atoms with Gasteiger partial charge in [0, 0.05) is 38.4 Å². The smallest absolute Gasteiger partial charge is 0.339 e. The van der Waals surface area contributed by atoms with E-state index in [1.54, 1.807) is 43.5 Å². The molecule has 1 aliphatic rings. The van der Waals surface area contributed by atoms with Crippen LogP contribution in [0.15, 0.2) is 77.7 Å². The van der Waals surface area contributed by atoms with Gasteiger partial charge >= 0.3 is 10.1 Å². The fourth-order valence-corrected chi connectivity index (χ4v) is 4.83. The second-order valence-corrected chi connectivity index (χ2v) is 9.82. The average Bonchev–Trinajstić information content (AvgIpc) is 2.84. The van der Waals surface area contributed by atoms with Gasteiger partial charge in [0.2, 0.25) is 0 Å². The summed E-state index contributed by atoms with van der Waals surface area (Å²) in [5, 5.41) is 0. The molecular formula is C26H30N2O4S. The van der Waals surface area contributed by atoms with E-state index in [0.29, 0.717) is 5.75 Å². The number of anilines is 1. The molecule has 1 fully saturated rings. The van der Waals surface area contributed by atoms with Crippen molar-refractivity contribution in [3.05, 3.63) is 83.9 Å². The third-order valence-corrected chi connectivity index (χ3v) is 7.23. The molecule has 0 unspecified atom stereocenters. The molecule has 4 rings (SSSR count). The van der Waals surface area contributed by atoms with Crippen LogP contribution in [-0.4, -0.2) is 53.2 Å². The fourth-order valence-electron chi connectivity index (χ4n) is 3.90. The van der Waals surface area contributed by atoms with Gasteiger partial charge in [0.05, 0.1) is 7.11 Å². The maximum atomic E-state index is 12.5. The first-order chi connectivity index (χ1) is 15.9. The second kappa shape index (κ2) is 10.3. The standard InChI is InChI=1S/C26H30N2O4S/c1-21-3-13-26(14-4-21)33(29,30)32-25-11-7-23(8-12-25)28-19-17-27(18-20-28)16-15-22-5-9-24(31-2)10-6-22/h3-14H,15-20H2,1-2H3. The van der Waals surface area contributed by atoms with Crippen molar-refractivity contribution < 1.29 is 17.3 Å². The van der Waals surface area contributed by atoms with Crippen molar-refractivity contribution in [2.24, 2.45) is 0 Å². The van der Waals surface area contributed by atoms with Crippen molar-refractivity contribution in [2.45, 2.75) is 18.2 Å². The van der Waals surface area contributed by atoms with Crippen LogP contribution in [0.25, 0.3) is 0 Å². The van der Waals surface area contributed by atoms with E-state index in [2.05, 4.69) is 21.9 Å². The van der Waals surface area contributed by atoms with Crippen LogP contribution in [-0.2, 0) is 16.5 Å². The predicted molar refractivity (Wildman–Crippen MR) is 131 cm³/mol. The molecule has 33 heavy (non-hydrogen) atoms. The largest absolute Gasteiger partial charge is 0.497 e. The lowest BCUT2D eigenvalue weighted by molar-refractivity contribution is 0.261. The van der Waals surface area contributed by atoms with Gasteiger partial charge in [-0.3, -0.25) is 4.90 Å². The van der Waals surface area contributed by atoms with Gasteiger partial charge < -0.3 is 13.8 Å². The second-order valence-electron chi connectivity index (χ2n) is 8.27. The van der Waals surface area contributed by atoms with Crippen LogP contribution in [0, 0.1) is 6.92 Å². The van der Waals surface area contributed by atoms with E-state index in [0.717, 1.165) is 56.1 Å². The summed E-state index contributed by atoms with van der Waals surface area (Å²) in [6, 6.07) is 22.2. The monoisotopic (exact) mass is 466 g/mol. The molecule has 0 bridgehead atoms. The lowest BCUT2D eigenvalue weighted by Gasteiger charge is -2.36. The van der Waals surface area contributed by atoms with Crippen molar-refractivity contribution in [1.29, 1.82) is 0 Å². The molecule has 0 N–H and O–H groups in total. The molecule has 1 saturated heterocycles. The molecule has 7 heteroatoms. The van der Waals surface area contributed by atoms with E-state index in [1.165, 1.54) is 5.56 Å². The number of hydrogen-bond donors (Lipinski definition) is 0. The topological polar surface area (TPSA) is 59.1 Å². The van der Waals surface area contributed by atoms with Gasteiger partial charge in [0.15, 0.2) is 0 Å². The minimum Gasteiger partial charge on any atom is -0.497 e. The van der Waals surface area contributed by atoms with Crippen molar-refractivity contribution in [1.82, 2.24) is 4.90 Å². The minimum atomic E-state index is -3.84. The molecule has 0 amide bonds. The number of piperazine rings is 1. The minimum absolute atomic E-state index is 0.155. The lowest BCUT2D eigenvalue weighted by atomic mass is 10.1. The zero-order valence-corrected chi connectivity index (χ0v) is 19.9. The van der Waals surface area contributed by atoms with Crippen LogP contribution >= 0.6 is 0 Å². The van der Waals surface area contributed by atoms with Crippen LogP contribution in [0.2, 0.25) is 0 Å². The molecule has 0 radical (unpaired) electrons. The zero-order valence-electron chi connectivity index (χ0n) is 19.1. The Kier molecular flexibility index (Phi) is 7.20. The SMILES string of the molecule is COc1ccc(CCN2CCN(c3ccc(OS(=O)(=O)c4ccc(C)cc4)cc3)CC2)cc1. The normalized spacial score (nSPS) is 14.8. The highest BCUT2D eigenvalue weighted by atomic mass is 32.2. The molecule has 1 aliphatic heterocycles. The predicted octanol–water partition coefficient (Wildman–Crippen LogP) is 4.14. The summed E-state index contributed by atoms with van der Waals surface area (Å²) in [4.78, 5) is 4.96. The van der Waals surface area contributed by atoms with Crippen LogP contribution < -0.4 is 13.8 Å². The number of methoxy groups -OCH3 is 1. The highest BCUT2D eigenvalue weighted by Gasteiger charge is 2.19. The highest BCUT2D eigenvalue weighted by molar-refractivity contribution is 7.87. The average molecular weight is 467 g/mol. The van der Waals surface area contributed by atoms with Crippen LogP contribution in [0.4, 0.5) is 5.69 Å². The summed E-state index contributed by atoms with van der Waals surface area (Å²) < 4.78 is 35.5. The molecule has 0 aromatic heterocycles. The van der Waals surface area contributed by atoms with Crippen molar-refractivity contribution >= 4 is 15.8 Å². The fraction of sp³-hybridized carbons (Fsp3) is 0.308. The van der Waals surface area contributed by atoms with Crippen molar-refractivity contribution in [2.75, 3.05) is 44.7 Å². The quantitative estimate of drug-likeness (QED) is 0.465. The highest BCUT2D eigenvalue weighted by Crippen LogP contribution is 2.24. The molecule has 0 atom stereocenters. The van der Waals surface area contributed by atoms with Gasteiger partial charge in [-0.25, -0.2) is 0 Å². The Morgan fingerprint density at radius 1 is 0.788 bits per heavy atom. The molecule has 1 heterocycles. The third kappa shape index (κ3) is 6.06. The number of nitrogens with zero attached hydrogens (tertiary/aromatic N) is 2. The van der Waals surface area contributed by atoms with E-state index >= 15 is 0 Å². The number of benzene rings is 3. The number of ether oxygens (including phenoxy) is 1. The first-order valence-electron chi connectivity index (χ1n) is 11.1. The Morgan fingerprint density at radius 3 is 2.00 bits per heavy atom. The molecule has 3 aromatic carbocycles. The number of rotatable bonds is 8. The molecule has 3 aromatic rings. The van der Waals surface area contributed by atoms with Crippen molar-refractivity contribution in [3.8, 4) is 11.5 Å². The van der Waals surface area contributed by atoms with Crippen molar-refractivity contribution in [3.63, 3.8) is 0 Å². The van der Waals surface area contributed by atoms with Gasteiger partial charge in [-0.05, 0) is 67.4 Å². The first kappa shape index (κ1) is 23.1. The van der Waals surface area contributed by atoms with Gasteiger partial charge in [-0.15, -0.1) is 0 Å². The third-order valence-electron chi connectivity index (χ3n) is 5.97. The maximum absolute atomic E-state index is 12.5. The van der Waals surface area contributed by atoms with E-state index in [-0.39, 0.29) is 4.90 Å². The Morgan fingerprint density at radius 2 is 1.39 bits per heavy atom. The van der Waals surface area contributed by atoms with Crippen LogP contribution in [0.1, 0.15) is 11.1 Å². The van der Waals surface area contributed by atoms with E-state index in [4.69, 9.17) is 8.92 Å². The van der Waals surface area contributed by atoms with Crippen LogP contribution in [0.5, 0.6) is 11.5 Å². The Bertz CT molecular complexity index is 1140. The Labute approximate surface area is 196 Å². The van der Waals surface area contributed by atoms with Gasteiger partial charge in [0.25, 0.3) is 0 Å². The van der Waals surface area contributed by atoms with Gasteiger partial charge in [0.1, 0.15) is 16.4 Å². The summed E-state index contributed by atoms with van der Waals surface area (Å²) in [5.74, 6) is 1.20. The molecule has 0 aliphatic carbocycles. The number of hydrogen-bond acceptors (Lipinski definition) is 6. The maximum Gasteiger partial charge on any atom is 0.339 e. The Balaban J connectivity index is 1.27. The lowest BCUT2D eigenvalue weighted by Crippen LogP contribution is -2.46. The summed E-state index contributed by atoms with van der Waals surface area (Å²) >= 11 is 0. The summed E-state index contributed by atoms with van der Waals surface area (Å²) in [6.07, 6.45) is 1.02. The summed E-state index contributed by atoms with van der Waals surface area (Å²) in [6.45, 7) is 6.81. The Hall–Kier alpha value is -3.03. The van der Waals surface area contributed by atoms with E-state index in [9.17, 15) is 8.42 Å². The summed E-state index contributed by atoms with van der Waals surface area (Å²) in [5.41, 5.74) is 3.39. The first-order valence-corrected chi connectivity index (χ1v) is 12.6. The zero-order chi connectivity index (χ0) is 23.3. The molecular weight excluding hydrogens is 436 g/mol. The molecule has 0 spiro atoms. The van der Waals surface area contributed by atoms with E-state index in [1.807, 2.05) is 31.2 Å². The van der Waals surface area contributed by atoms with Gasteiger partial charge in [-0.1, -0.05) is 29.8 Å². The summed E-state index contributed by atoms with van der Waals surface area (Å²) in [7, 11) is -2.15. The van der Waals surface area contributed by atoms with Crippen LogP contribution in [0.3, 0.4) is 0 Å². The molecule has 6 nitrogen and oxygen atoms in total. The van der Waals surface area contributed by atoms with Gasteiger partial charge in [-0.2, -0.15) is 8.42 Å². The number of aryl methyl sites for hydroxylation is 1. The molecule has 0 saturated carbocycles. The molecule has 174 valence electrons.